The van der Waals surface area contributed by atoms with E-state index in [1.807, 2.05) is 0 Å². The van der Waals surface area contributed by atoms with E-state index >= 15 is 0 Å². The Bertz CT molecular complexity index is 663. The molecule has 1 heterocycles. The first-order chi connectivity index (χ1) is 9.51. The van der Waals surface area contributed by atoms with E-state index < -0.39 is 11.9 Å². The van der Waals surface area contributed by atoms with Gasteiger partial charge in [0.2, 0.25) is 0 Å². The number of ether oxygens (including phenoxy) is 1. The number of carboxylic acid groups (broad SMARTS) is 1. The first-order valence-corrected chi connectivity index (χ1v) is 5.74. The number of aliphatic carboxylic acids is 1. The highest BCUT2D eigenvalue weighted by Crippen LogP contribution is 2.26. The number of nitrogens with zero attached hydrogens (tertiary/aromatic N) is 2. The molecule has 0 spiro atoms. The molecule has 0 aliphatic carbocycles. The average Bonchev–Trinajstić information content (AvgIpc) is 2.85. The van der Waals surface area contributed by atoms with Crippen LogP contribution in [0.1, 0.15) is 10.4 Å². The number of carboxylic acids is 1. The van der Waals surface area contributed by atoms with E-state index in [1.54, 1.807) is 30.5 Å². The quantitative estimate of drug-likeness (QED) is 0.836. The number of methoxy groups -OCH3 is 1. The highest BCUT2D eigenvalue weighted by molar-refractivity contribution is 5.96. The molecule has 7 heteroatoms. The van der Waals surface area contributed by atoms with Crippen molar-refractivity contribution >= 4 is 11.9 Å². The van der Waals surface area contributed by atoms with Crippen LogP contribution >= 0.6 is 0 Å². The number of benzene rings is 1. The molecule has 2 rings (SSSR count). The number of carbonyl (C=O) groups excluding carboxylic acids is 1. The summed E-state index contributed by atoms with van der Waals surface area (Å²) < 4.78 is 6.42. The number of carbonyl (C=O) groups is 2. The van der Waals surface area contributed by atoms with E-state index in [9.17, 15) is 9.59 Å². The van der Waals surface area contributed by atoms with Crippen LogP contribution < -0.4 is 10.5 Å². The third-order valence-electron chi connectivity index (χ3n) is 2.70. The summed E-state index contributed by atoms with van der Waals surface area (Å²) in [5.41, 5.74) is 6.80. The van der Waals surface area contributed by atoms with Crippen LogP contribution in [0.2, 0.25) is 0 Å². The van der Waals surface area contributed by atoms with E-state index in [0.717, 1.165) is 0 Å². The third-order valence-corrected chi connectivity index (χ3v) is 2.70. The minimum atomic E-state index is -0.971. The molecular formula is C13H13N3O4. The van der Waals surface area contributed by atoms with Gasteiger partial charge in [-0.2, -0.15) is 5.10 Å². The Hall–Kier alpha value is -2.83. The molecule has 20 heavy (non-hydrogen) atoms. The molecule has 0 saturated heterocycles. The maximum atomic E-state index is 11.2. The number of hydrogen-bond donors (Lipinski definition) is 2. The number of aromatic nitrogens is 2. The van der Waals surface area contributed by atoms with Crippen molar-refractivity contribution in [1.29, 1.82) is 0 Å². The fourth-order valence-electron chi connectivity index (χ4n) is 1.80. The Labute approximate surface area is 114 Å². The lowest BCUT2D eigenvalue weighted by Gasteiger charge is -2.07. The molecule has 3 N–H and O–H groups in total. The van der Waals surface area contributed by atoms with Crippen LogP contribution in [0.5, 0.6) is 5.75 Å². The molecule has 1 aromatic carbocycles. The van der Waals surface area contributed by atoms with Gasteiger partial charge in [0.05, 0.1) is 18.4 Å². The SMILES string of the molecule is COc1cc(-c2ccn(CC(=O)O)n2)ccc1C(N)=O. The number of nitrogens with two attached hydrogens (primary N) is 1. The summed E-state index contributed by atoms with van der Waals surface area (Å²) in [6, 6.07) is 6.54. The summed E-state index contributed by atoms with van der Waals surface area (Å²) in [4.78, 5) is 21.8. The number of primary amides is 1. The molecule has 0 radical (unpaired) electrons. The number of rotatable bonds is 5. The van der Waals surface area contributed by atoms with Crippen molar-refractivity contribution in [2.45, 2.75) is 6.54 Å². The molecule has 104 valence electrons. The molecule has 2 aromatic rings. The Morgan fingerprint density at radius 1 is 1.40 bits per heavy atom. The molecule has 0 bridgehead atoms. The van der Waals surface area contributed by atoms with Crippen molar-refractivity contribution in [3.8, 4) is 17.0 Å². The molecule has 0 fully saturated rings. The van der Waals surface area contributed by atoms with E-state index in [2.05, 4.69) is 5.10 Å². The predicted molar refractivity (Wildman–Crippen MR) is 70.4 cm³/mol. The largest absolute Gasteiger partial charge is 0.496 e. The van der Waals surface area contributed by atoms with Gasteiger partial charge in [0.15, 0.2) is 0 Å². The van der Waals surface area contributed by atoms with Gasteiger partial charge in [0.1, 0.15) is 12.3 Å². The number of hydrogen-bond acceptors (Lipinski definition) is 4. The summed E-state index contributed by atoms with van der Waals surface area (Å²) in [6.45, 7) is -0.212. The van der Waals surface area contributed by atoms with E-state index in [1.165, 1.54) is 11.8 Å². The summed E-state index contributed by atoms with van der Waals surface area (Å²) in [5.74, 6) is -1.20. The van der Waals surface area contributed by atoms with E-state index in [-0.39, 0.29) is 12.1 Å². The van der Waals surface area contributed by atoms with Gasteiger partial charge in [0, 0.05) is 11.8 Å². The third kappa shape index (κ3) is 2.77. The molecule has 1 aromatic heterocycles. The second-order valence-electron chi connectivity index (χ2n) is 4.07. The van der Waals surface area contributed by atoms with Gasteiger partial charge < -0.3 is 15.6 Å². The minimum absolute atomic E-state index is 0.212. The Kier molecular flexibility index (Phi) is 3.69. The van der Waals surface area contributed by atoms with Gasteiger partial charge in [-0.25, -0.2) is 0 Å². The van der Waals surface area contributed by atoms with Gasteiger partial charge in [-0.3, -0.25) is 14.3 Å². The van der Waals surface area contributed by atoms with E-state index in [0.29, 0.717) is 17.0 Å². The van der Waals surface area contributed by atoms with Crippen LogP contribution in [0.4, 0.5) is 0 Å². The van der Waals surface area contributed by atoms with Gasteiger partial charge >= 0.3 is 5.97 Å². The van der Waals surface area contributed by atoms with Crippen LogP contribution in [0.25, 0.3) is 11.3 Å². The van der Waals surface area contributed by atoms with Crippen LogP contribution in [-0.4, -0.2) is 33.9 Å². The van der Waals surface area contributed by atoms with Gasteiger partial charge in [0.25, 0.3) is 5.91 Å². The Balaban J connectivity index is 2.35. The average molecular weight is 275 g/mol. The van der Waals surface area contributed by atoms with Crippen molar-refractivity contribution in [1.82, 2.24) is 9.78 Å². The van der Waals surface area contributed by atoms with Crippen LogP contribution in [-0.2, 0) is 11.3 Å². The zero-order chi connectivity index (χ0) is 14.7. The highest BCUT2D eigenvalue weighted by Gasteiger charge is 2.12. The summed E-state index contributed by atoms with van der Waals surface area (Å²) >= 11 is 0. The molecule has 0 aliphatic rings. The fourth-order valence-corrected chi connectivity index (χ4v) is 1.80. The molecule has 7 nitrogen and oxygen atoms in total. The second kappa shape index (κ2) is 5.43. The van der Waals surface area contributed by atoms with Crippen molar-refractivity contribution in [3.63, 3.8) is 0 Å². The molecule has 0 unspecified atom stereocenters. The first kappa shape index (κ1) is 13.6. The van der Waals surface area contributed by atoms with Crippen molar-refractivity contribution in [2.75, 3.05) is 7.11 Å². The molecule has 0 saturated carbocycles. The fraction of sp³-hybridized carbons (Fsp3) is 0.154. The summed E-state index contributed by atoms with van der Waals surface area (Å²) in [6.07, 6.45) is 1.57. The zero-order valence-electron chi connectivity index (χ0n) is 10.7. The van der Waals surface area contributed by atoms with Crippen molar-refractivity contribution in [3.05, 3.63) is 36.0 Å². The molecule has 0 aliphatic heterocycles. The second-order valence-corrected chi connectivity index (χ2v) is 4.07. The Morgan fingerprint density at radius 3 is 2.75 bits per heavy atom. The summed E-state index contributed by atoms with van der Waals surface area (Å²) in [7, 11) is 1.44. The maximum Gasteiger partial charge on any atom is 0.325 e. The van der Waals surface area contributed by atoms with Gasteiger partial charge in [-0.15, -0.1) is 0 Å². The highest BCUT2D eigenvalue weighted by atomic mass is 16.5. The zero-order valence-corrected chi connectivity index (χ0v) is 10.7. The standard InChI is InChI=1S/C13H13N3O4/c1-20-11-6-8(2-3-9(11)13(14)19)10-4-5-16(15-10)7-12(17)18/h2-6H,7H2,1H3,(H2,14,19)(H,17,18). The summed E-state index contributed by atoms with van der Waals surface area (Å²) in [5, 5.41) is 12.8. The topological polar surface area (TPSA) is 107 Å². The van der Waals surface area contributed by atoms with Crippen molar-refractivity contribution < 1.29 is 19.4 Å². The normalized spacial score (nSPS) is 10.2. The van der Waals surface area contributed by atoms with Gasteiger partial charge in [-0.05, 0) is 18.2 Å². The number of amides is 1. The van der Waals surface area contributed by atoms with Gasteiger partial charge in [-0.1, -0.05) is 6.07 Å². The lowest BCUT2D eigenvalue weighted by atomic mass is 10.1. The first-order valence-electron chi connectivity index (χ1n) is 5.74. The molecule has 1 amide bonds. The smallest absolute Gasteiger partial charge is 0.325 e. The molecular weight excluding hydrogens is 262 g/mol. The monoisotopic (exact) mass is 275 g/mol. The van der Waals surface area contributed by atoms with Crippen LogP contribution in [0.3, 0.4) is 0 Å². The predicted octanol–water partition coefficient (Wildman–Crippen LogP) is 0.742. The lowest BCUT2D eigenvalue weighted by molar-refractivity contribution is -0.137. The molecule has 0 atom stereocenters. The van der Waals surface area contributed by atoms with Crippen molar-refractivity contribution in [2.24, 2.45) is 5.73 Å². The lowest BCUT2D eigenvalue weighted by Crippen LogP contribution is -2.12. The Morgan fingerprint density at radius 2 is 2.15 bits per heavy atom. The minimum Gasteiger partial charge on any atom is -0.496 e. The van der Waals surface area contributed by atoms with Crippen LogP contribution in [0.15, 0.2) is 30.5 Å². The van der Waals surface area contributed by atoms with Crippen LogP contribution in [0, 0.1) is 0 Å². The van der Waals surface area contributed by atoms with E-state index in [4.69, 9.17) is 15.6 Å². The maximum absolute atomic E-state index is 11.2.